The number of carbonyl (C=O) groups is 2. The summed E-state index contributed by atoms with van der Waals surface area (Å²) < 4.78 is 4.51. The number of carboxylic acid groups (broad SMARTS) is 1. The van der Waals surface area contributed by atoms with Gasteiger partial charge in [-0.25, -0.2) is 0 Å². The van der Waals surface area contributed by atoms with Gasteiger partial charge in [-0.3, -0.25) is 9.59 Å². The summed E-state index contributed by atoms with van der Waals surface area (Å²) in [5, 5.41) is 8.42. The zero-order chi connectivity index (χ0) is 12.2. The molecule has 0 saturated heterocycles. The molecule has 0 aliphatic rings. The van der Waals surface area contributed by atoms with Gasteiger partial charge in [-0.05, 0) is 12.8 Å². The quantitative estimate of drug-likeness (QED) is 0.488. The zero-order valence-electron chi connectivity index (χ0n) is 9.41. The van der Waals surface area contributed by atoms with Crippen molar-refractivity contribution in [3.8, 4) is 0 Å². The van der Waals surface area contributed by atoms with Crippen molar-refractivity contribution >= 4 is 34.9 Å². The molecule has 0 saturated carbocycles. The van der Waals surface area contributed by atoms with Gasteiger partial charge in [0, 0.05) is 12.8 Å². The van der Waals surface area contributed by atoms with Gasteiger partial charge in [0.15, 0.2) is 23.0 Å². The molecule has 16 heavy (non-hydrogen) atoms. The Morgan fingerprint density at radius 3 is 1.75 bits per heavy atom. The van der Waals surface area contributed by atoms with Crippen LogP contribution in [-0.4, -0.2) is 17.0 Å². The van der Waals surface area contributed by atoms with E-state index in [0.29, 0.717) is 6.42 Å². The number of hydrogen-bond donors (Lipinski definition) is 1. The molecule has 0 aromatic rings. The van der Waals surface area contributed by atoms with Crippen LogP contribution < -0.4 is 0 Å². The molecule has 0 amide bonds. The summed E-state index contributed by atoms with van der Waals surface area (Å²) in [5.74, 6) is -0.862. The molecule has 94 valence electrons. The van der Waals surface area contributed by atoms with Crippen molar-refractivity contribution < 1.29 is 17.8 Å². The van der Waals surface area contributed by atoms with E-state index in [-0.39, 0.29) is 12.4 Å². The molecule has 0 bridgehead atoms. The molecule has 1 N–H and O–H groups in total. The summed E-state index contributed by atoms with van der Waals surface area (Å²) in [6.45, 7) is 0. The summed E-state index contributed by atoms with van der Waals surface area (Å²) in [6.07, 6.45) is 7.80. The zero-order valence-corrected chi connectivity index (χ0v) is 11.6. The third-order valence-corrected chi connectivity index (χ3v) is 2.85. The fourth-order valence-corrected chi connectivity index (χ4v) is 1.69. The number of unbranched alkanes of at least 4 members (excludes halogenated alkanes) is 6. The fraction of sp³-hybridized carbons (Fsp3) is 0.818. The van der Waals surface area contributed by atoms with Crippen molar-refractivity contribution in [1.29, 1.82) is 0 Å². The summed E-state index contributed by atoms with van der Waals surface area (Å²) >= 11 is 1.60. The van der Waals surface area contributed by atoms with E-state index in [1.165, 1.54) is 0 Å². The monoisotopic (exact) mass is 342 g/mol. The van der Waals surface area contributed by atoms with Gasteiger partial charge >= 0.3 is 11.9 Å². The Morgan fingerprint density at radius 1 is 0.875 bits per heavy atom. The highest BCUT2D eigenvalue weighted by Gasteiger charge is 2.00. The molecule has 0 atom stereocenters. The second-order valence-corrected chi connectivity index (χ2v) is 4.26. The topological polar surface area (TPSA) is 63.6 Å². The molecule has 0 rings (SSSR count). The molecule has 0 heterocycles. The highest BCUT2D eigenvalue weighted by Crippen LogP contribution is 2.10. The number of aliphatic carboxylic acids is 1. The van der Waals surface area contributed by atoms with E-state index in [0.717, 1.165) is 44.9 Å². The van der Waals surface area contributed by atoms with E-state index in [1.54, 1.807) is 23.0 Å². The van der Waals surface area contributed by atoms with Crippen LogP contribution in [0.3, 0.4) is 0 Å². The summed E-state index contributed by atoms with van der Waals surface area (Å²) in [7, 11) is 0. The summed E-state index contributed by atoms with van der Waals surface area (Å²) in [6, 6.07) is 0. The predicted molar refractivity (Wildman–Crippen MR) is 69.3 cm³/mol. The fourth-order valence-electron chi connectivity index (χ4n) is 1.47. The first-order chi connectivity index (χ1) is 7.66. The lowest BCUT2D eigenvalue weighted by Gasteiger charge is -2.00. The molecule has 0 aliphatic heterocycles. The average Bonchev–Trinajstić information content (AvgIpc) is 2.26. The maximum atomic E-state index is 10.8. The minimum Gasteiger partial charge on any atom is -0.481 e. The van der Waals surface area contributed by atoms with Crippen LogP contribution in [0, 0.1) is 0 Å². The molecule has 0 aromatic carbocycles. The Labute approximate surface area is 110 Å². The second-order valence-electron chi connectivity index (χ2n) is 3.82. The van der Waals surface area contributed by atoms with Crippen LogP contribution in [-0.2, 0) is 12.7 Å². The Kier molecular flexibility index (Phi) is 10.9. The van der Waals surface area contributed by atoms with Gasteiger partial charge in [0.05, 0.1) is 0 Å². The van der Waals surface area contributed by atoms with E-state index < -0.39 is 5.97 Å². The van der Waals surface area contributed by atoms with Crippen molar-refractivity contribution in [2.45, 2.75) is 57.8 Å². The van der Waals surface area contributed by atoms with E-state index in [1.807, 2.05) is 0 Å². The molecule has 0 aromatic heterocycles. The van der Waals surface area contributed by atoms with Crippen LogP contribution in [0.1, 0.15) is 57.8 Å². The van der Waals surface area contributed by atoms with E-state index in [4.69, 9.17) is 5.11 Å². The number of rotatable bonds is 10. The van der Waals surface area contributed by atoms with Crippen molar-refractivity contribution in [3.63, 3.8) is 0 Å². The van der Waals surface area contributed by atoms with Gasteiger partial charge < -0.3 is 8.17 Å². The maximum absolute atomic E-state index is 10.8. The highest BCUT2D eigenvalue weighted by atomic mass is 127. The van der Waals surface area contributed by atoms with Gasteiger partial charge in [-0.15, -0.1) is 0 Å². The molecule has 0 radical (unpaired) electrons. The van der Waals surface area contributed by atoms with Crippen LogP contribution in [0.5, 0.6) is 0 Å². The van der Waals surface area contributed by atoms with Crippen LogP contribution in [0.25, 0.3) is 0 Å². The minimum absolute atomic E-state index is 0.151. The van der Waals surface area contributed by atoms with Crippen LogP contribution in [0.4, 0.5) is 0 Å². The van der Waals surface area contributed by atoms with Crippen LogP contribution in [0.15, 0.2) is 0 Å². The van der Waals surface area contributed by atoms with Gasteiger partial charge in [0.25, 0.3) is 0 Å². The maximum Gasteiger partial charge on any atom is 0.315 e. The van der Waals surface area contributed by atoms with Gasteiger partial charge in [0.1, 0.15) is 0 Å². The van der Waals surface area contributed by atoms with Gasteiger partial charge in [-0.2, -0.15) is 0 Å². The first-order valence-electron chi connectivity index (χ1n) is 5.70. The highest BCUT2D eigenvalue weighted by molar-refractivity contribution is 14.1. The van der Waals surface area contributed by atoms with Crippen molar-refractivity contribution in [2.24, 2.45) is 0 Å². The lowest BCUT2D eigenvalue weighted by molar-refractivity contribution is -0.137. The number of carbonyl (C=O) groups excluding carboxylic acids is 1. The molecular formula is C11H19IO4. The number of halogens is 1. The summed E-state index contributed by atoms with van der Waals surface area (Å²) in [5.41, 5.74) is 0. The van der Waals surface area contributed by atoms with Crippen molar-refractivity contribution in [2.75, 3.05) is 0 Å². The molecule has 0 spiro atoms. The number of hydrogen-bond acceptors (Lipinski definition) is 3. The first kappa shape index (κ1) is 15.7. The molecule has 4 nitrogen and oxygen atoms in total. The first-order valence-corrected chi connectivity index (χ1v) is 6.58. The standard InChI is InChI=1S/C11H19IO4/c12-16-11(15)9-7-5-3-1-2-4-6-8-10(13)14/h1-9H2,(H,13,14). The Morgan fingerprint density at radius 2 is 1.31 bits per heavy atom. The van der Waals surface area contributed by atoms with E-state index >= 15 is 0 Å². The SMILES string of the molecule is O=C(O)CCCCCCCCCC(=O)OI. The Hall–Kier alpha value is -0.330. The van der Waals surface area contributed by atoms with Gasteiger partial charge in [0.2, 0.25) is 0 Å². The minimum atomic E-state index is -0.711. The molecular weight excluding hydrogens is 323 g/mol. The lowest BCUT2D eigenvalue weighted by Crippen LogP contribution is -1.95. The summed E-state index contributed by atoms with van der Waals surface area (Å²) in [4.78, 5) is 21.0. The largest absolute Gasteiger partial charge is 0.481 e. The predicted octanol–water partition coefficient (Wildman–Crippen LogP) is 3.48. The van der Waals surface area contributed by atoms with Crippen LogP contribution in [0.2, 0.25) is 0 Å². The van der Waals surface area contributed by atoms with Crippen molar-refractivity contribution in [3.05, 3.63) is 0 Å². The van der Waals surface area contributed by atoms with Gasteiger partial charge in [-0.1, -0.05) is 32.1 Å². The Balaban J connectivity index is 3.04. The molecule has 5 heteroatoms. The van der Waals surface area contributed by atoms with E-state index in [2.05, 4.69) is 3.07 Å². The van der Waals surface area contributed by atoms with Crippen LogP contribution >= 0.6 is 23.0 Å². The molecule has 0 unspecified atom stereocenters. The smallest absolute Gasteiger partial charge is 0.315 e. The normalized spacial score (nSPS) is 10.1. The average molecular weight is 342 g/mol. The molecule has 0 fully saturated rings. The number of carboxylic acids is 1. The van der Waals surface area contributed by atoms with Crippen molar-refractivity contribution in [1.82, 2.24) is 0 Å². The van der Waals surface area contributed by atoms with E-state index in [9.17, 15) is 9.59 Å². The Bertz CT molecular complexity index is 206. The third kappa shape index (κ3) is 11.7. The molecule has 0 aliphatic carbocycles. The third-order valence-electron chi connectivity index (χ3n) is 2.36. The second kappa shape index (κ2) is 11.2. The lowest BCUT2D eigenvalue weighted by atomic mass is 10.1.